The Bertz CT molecular complexity index is 662. The molecule has 0 radical (unpaired) electrons. The highest BCUT2D eigenvalue weighted by atomic mass is 19.1. The van der Waals surface area contributed by atoms with Crippen LogP contribution >= 0.6 is 0 Å². The normalized spacial score (nSPS) is 20.9. The van der Waals surface area contributed by atoms with E-state index in [-0.39, 0.29) is 17.9 Å². The van der Waals surface area contributed by atoms with E-state index in [1.807, 2.05) is 6.07 Å². The van der Waals surface area contributed by atoms with Gasteiger partial charge in [0.15, 0.2) is 0 Å². The third-order valence-corrected chi connectivity index (χ3v) is 3.94. The minimum atomic E-state index is -0.272. The Morgan fingerprint density at radius 3 is 2.82 bits per heavy atom. The number of carbonyl (C=O) groups excluding carboxylic acids is 1. The first-order chi connectivity index (χ1) is 10.6. The van der Waals surface area contributed by atoms with Crippen LogP contribution in [0, 0.1) is 11.7 Å². The molecule has 1 aliphatic rings. The van der Waals surface area contributed by atoms with E-state index in [0.717, 1.165) is 12.0 Å². The Hall–Kier alpha value is -2.43. The summed E-state index contributed by atoms with van der Waals surface area (Å²) in [7, 11) is 0. The van der Waals surface area contributed by atoms with E-state index in [2.05, 4.69) is 17.2 Å². The van der Waals surface area contributed by atoms with Gasteiger partial charge in [-0.05, 0) is 42.2 Å². The molecule has 1 N–H and O–H groups in total. The molecular formula is C17H18FN3O. The second-order valence-corrected chi connectivity index (χ2v) is 5.73. The molecule has 2 heterocycles. The molecule has 1 aliphatic heterocycles. The Morgan fingerprint density at radius 1 is 1.32 bits per heavy atom. The Morgan fingerprint density at radius 2 is 2.09 bits per heavy atom. The fraction of sp³-hybridized carbons (Fsp3) is 0.294. The number of hydrogen-bond acceptors (Lipinski definition) is 2. The molecule has 2 amide bonds. The highest BCUT2D eigenvalue weighted by Gasteiger charge is 2.34. The Labute approximate surface area is 129 Å². The van der Waals surface area contributed by atoms with Crippen LogP contribution in [0.4, 0.5) is 14.9 Å². The van der Waals surface area contributed by atoms with Gasteiger partial charge >= 0.3 is 6.03 Å². The summed E-state index contributed by atoms with van der Waals surface area (Å²) in [6.07, 6.45) is 4.10. The van der Waals surface area contributed by atoms with Crippen LogP contribution in [0.3, 0.4) is 0 Å². The van der Waals surface area contributed by atoms with Gasteiger partial charge in [0.05, 0.1) is 6.04 Å². The molecule has 0 spiro atoms. The van der Waals surface area contributed by atoms with Crippen molar-refractivity contribution in [2.45, 2.75) is 19.4 Å². The summed E-state index contributed by atoms with van der Waals surface area (Å²) in [4.78, 5) is 18.2. The fourth-order valence-corrected chi connectivity index (χ4v) is 2.93. The molecule has 2 unspecified atom stereocenters. The largest absolute Gasteiger partial charge is 0.322 e. The van der Waals surface area contributed by atoms with Crippen molar-refractivity contribution < 1.29 is 9.18 Å². The number of likely N-dealkylation sites (tertiary alicyclic amines) is 1. The predicted molar refractivity (Wildman–Crippen MR) is 82.9 cm³/mol. The molecule has 2 aromatic rings. The van der Waals surface area contributed by atoms with Crippen molar-refractivity contribution in [3.8, 4) is 0 Å². The number of nitrogens with zero attached hydrogens (tertiary/aromatic N) is 2. The number of halogens is 1. The SMILES string of the molecule is CC1CC(c2cccc(F)c2)N(C(=O)Nc2ccncc2)C1. The highest BCUT2D eigenvalue weighted by Crippen LogP contribution is 2.35. The maximum absolute atomic E-state index is 13.5. The molecule has 5 heteroatoms. The lowest BCUT2D eigenvalue weighted by Crippen LogP contribution is -2.34. The summed E-state index contributed by atoms with van der Waals surface area (Å²) in [6, 6.07) is 9.73. The number of carbonyl (C=O) groups is 1. The first-order valence-electron chi connectivity index (χ1n) is 7.36. The summed E-state index contributed by atoms with van der Waals surface area (Å²) in [5, 5.41) is 2.87. The van der Waals surface area contributed by atoms with Crippen LogP contribution < -0.4 is 5.32 Å². The average molecular weight is 299 g/mol. The van der Waals surface area contributed by atoms with Gasteiger partial charge in [-0.2, -0.15) is 0 Å². The van der Waals surface area contributed by atoms with Crippen molar-refractivity contribution >= 4 is 11.7 Å². The van der Waals surface area contributed by atoms with Crippen LogP contribution in [0.15, 0.2) is 48.8 Å². The van der Waals surface area contributed by atoms with Crippen LogP contribution in [-0.4, -0.2) is 22.5 Å². The van der Waals surface area contributed by atoms with Crippen molar-refractivity contribution in [1.82, 2.24) is 9.88 Å². The second-order valence-electron chi connectivity index (χ2n) is 5.73. The van der Waals surface area contributed by atoms with E-state index >= 15 is 0 Å². The number of hydrogen-bond donors (Lipinski definition) is 1. The summed E-state index contributed by atoms with van der Waals surface area (Å²) in [5.74, 6) is 0.114. The maximum atomic E-state index is 13.5. The third-order valence-electron chi connectivity index (χ3n) is 3.94. The van der Waals surface area contributed by atoms with Crippen molar-refractivity contribution in [2.24, 2.45) is 5.92 Å². The van der Waals surface area contributed by atoms with Crippen LogP contribution in [0.25, 0.3) is 0 Å². The van der Waals surface area contributed by atoms with Crippen molar-refractivity contribution in [1.29, 1.82) is 0 Å². The number of benzene rings is 1. The lowest BCUT2D eigenvalue weighted by molar-refractivity contribution is 0.206. The molecule has 3 rings (SSSR count). The molecule has 1 aromatic carbocycles. The molecule has 0 bridgehead atoms. The summed E-state index contributed by atoms with van der Waals surface area (Å²) < 4.78 is 13.5. The minimum absolute atomic E-state index is 0.0902. The van der Waals surface area contributed by atoms with Gasteiger partial charge in [-0.25, -0.2) is 9.18 Å². The van der Waals surface area contributed by atoms with Crippen LogP contribution in [0.1, 0.15) is 24.9 Å². The van der Waals surface area contributed by atoms with Gasteiger partial charge < -0.3 is 10.2 Å². The van der Waals surface area contributed by atoms with Gasteiger partial charge in [0.1, 0.15) is 5.82 Å². The van der Waals surface area contributed by atoms with Gasteiger partial charge in [-0.1, -0.05) is 19.1 Å². The number of aromatic nitrogens is 1. The molecule has 1 saturated heterocycles. The van der Waals surface area contributed by atoms with Gasteiger partial charge in [0, 0.05) is 24.6 Å². The van der Waals surface area contributed by atoms with Gasteiger partial charge in [-0.3, -0.25) is 4.98 Å². The zero-order valence-electron chi connectivity index (χ0n) is 12.4. The first kappa shape index (κ1) is 14.5. The molecule has 1 aromatic heterocycles. The van der Waals surface area contributed by atoms with Crippen molar-refractivity contribution in [2.75, 3.05) is 11.9 Å². The first-order valence-corrected chi connectivity index (χ1v) is 7.36. The lowest BCUT2D eigenvalue weighted by atomic mass is 10.0. The molecule has 114 valence electrons. The number of amides is 2. The predicted octanol–water partition coefficient (Wildman–Crippen LogP) is 3.84. The average Bonchev–Trinajstić information content (AvgIpc) is 2.90. The quantitative estimate of drug-likeness (QED) is 0.916. The van der Waals surface area contributed by atoms with E-state index in [9.17, 15) is 9.18 Å². The van der Waals surface area contributed by atoms with Gasteiger partial charge in [0.2, 0.25) is 0 Å². The second kappa shape index (κ2) is 6.13. The lowest BCUT2D eigenvalue weighted by Gasteiger charge is -2.25. The smallest absolute Gasteiger partial charge is 0.317 e. The molecular weight excluding hydrogens is 281 g/mol. The molecule has 22 heavy (non-hydrogen) atoms. The molecule has 4 nitrogen and oxygen atoms in total. The van der Waals surface area contributed by atoms with E-state index < -0.39 is 0 Å². The summed E-state index contributed by atoms with van der Waals surface area (Å²) in [5.41, 5.74) is 1.55. The number of urea groups is 1. The number of rotatable bonds is 2. The van der Waals surface area contributed by atoms with Gasteiger partial charge in [-0.15, -0.1) is 0 Å². The van der Waals surface area contributed by atoms with Crippen molar-refractivity contribution in [3.05, 3.63) is 60.2 Å². The zero-order valence-corrected chi connectivity index (χ0v) is 12.4. The van der Waals surface area contributed by atoms with Crippen LogP contribution in [0.2, 0.25) is 0 Å². The molecule has 1 fully saturated rings. The maximum Gasteiger partial charge on any atom is 0.322 e. The fourth-order valence-electron chi connectivity index (χ4n) is 2.93. The van der Waals surface area contributed by atoms with Gasteiger partial charge in [0.25, 0.3) is 0 Å². The summed E-state index contributed by atoms with van der Waals surface area (Å²) >= 11 is 0. The Balaban J connectivity index is 1.80. The van der Waals surface area contributed by atoms with Crippen LogP contribution in [-0.2, 0) is 0 Å². The Kier molecular flexibility index (Phi) is 4.04. The minimum Gasteiger partial charge on any atom is -0.317 e. The topological polar surface area (TPSA) is 45.2 Å². The standard InChI is InChI=1S/C17H18FN3O/c1-12-9-16(13-3-2-4-14(18)10-13)21(11-12)17(22)20-15-5-7-19-8-6-15/h2-8,10,12,16H,9,11H2,1H3,(H,19,20,22). The number of pyridine rings is 1. The molecule has 0 aliphatic carbocycles. The zero-order chi connectivity index (χ0) is 15.5. The summed E-state index contributed by atoms with van der Waals surface area (Å²) in [6.45, 7) is 2.77. The van der Waals surface area contributed by atoms with E-state index in [0.29, 0.717) is 18.2 Å². The molecule has 2 atom stereocenters. The van der Waals surface area contributed by atoms with Crippen LogP contribution in [0.5, 0.6) is 0 Å². The van der Waals surface area contributed by atoms with Crippen molar-refractivity contribution in [3.63, 3.8) is 0 Å². The van der Waals surface area contributed by atoms with E-state index in [1.54, 1.807) is 35.5 Å². The molecule has 0 saturated carbocycles. The monoisotopic (exact) mass is 299 g/mol. The van der Waals surface area contributed by atoms with E-state index in [1.165, 1.54) is 12.1 Å². The van der Waals surface area contributed by atoms with E-state index in [4.69, 9.17) is 0 Å². The third kappa shape index (κ3) is 3.08. The number of nitrogens with one attached hydrogen (secondary N) is 1. The highest BCUT2D eigenvalue weighted by molar-refractivity contribution is 5.89. The number of anilines is 1.